The number of pyridine rings is 1. The third kappa shape index (κ3) is 6.12. The van der Waals surface area contributed by atoms with E-state index in [0.717, 1.165) is 58.6 Å². The Bertz CT molecular complexity index is 1410. The van der Waals surface area contributed by atoms with Crippen LogP contribution in [0.2, 0.25) is 0 Å². The fourth-order valence-corrected chi connectivity index (χ4v) is 6.43. The topological polar surface area (TPSA) is 97.2 Å². The van der Waals surface area contributed by atoms with Gasteiger partial charge in [0.15, 0.2) is 0 Å². The zero-order chi connectivity index (χ0) is 27.5. The largest absolute Gasteiger partial charge is 0.496 e. The molecule has 2 N–H and O–H groups in total. The number of nitrogens with one attached hydrogen (secondary N) is 1. The molecule has 3 aromatic rings. The fourth-order valence-electron chi connectivity index (χ4n) is 5.57. The predicted octanol–water partition coefficient (Wildman–Crippen LogP) is 6.49. The molecule has 39 heavy (non-hydrogen) atoms. The Morgan fingerprint density at radius 1 is 1.18 bits per heavy atom. The second kappa shape index (κ2) is 11.8. The number of aliphatic hydroxyl groups is 1. The summed E-state index contributed by atoms with van der Waals surface area (Å²) in [6.45, 7) is 6.33. The van der Waals surface area contributed by atoms with Gasteiger partial charge in [0.25, 0.3) is 5.91 Å². The average Bonchev–Trinajstić information content (AvgIpc) is 3.28. The van der Waals surface area contributed by atoms with Gasteiger partial charge in [0.2, 0.25) is 5.13 Å². The second-order valence-corrected chi connectivity index (χ2v) is 11.9. The molecule has 1 saturated carbocycles. The smallest absolute Gasteiger partial charge is 0.259 e. The van der Waals surface area contributed by atoms with Crippen molar-refractivity contribution in [3.63, 3.8) is 0 Å². The van der Waals surface area contributed by atoms with Crippen molar-refractivity contribution in [2.75, 3.05) is 19.0 Å². The SMILES string of the molecule is COc1ccc(C)cc1-c1cc(C)ncc1C(=O)Nc1nnc(C2CC(CC3C=CC(CO)=CCC3C)C2)s1. The Morgan fingerprint density at radius 3 is 2.77 bits per heavy atom. The molecule has 1 amide bonds. The standard InChI is InChI=1S/C31H36N4O3S/c1-18-5-10-28(38-4)26(11-18)25-12-20(3)32-16-27(25)29(37)33-31-35-34-30(39-31)24-14-22(15-24)13-23-9-8-21(17-36)7-6-19(23)2/h5,7-12,16,19,22-24,36H,6,13-15,17H2,1-4H3,(H,33,35,37). The summed E-state index contributed by atoms with van der Waals surface area (Å²) in [4.78, 5) is 17.7. The van der Waals surface area contributed by atoms with Crippen LogP contribution in [0.1, 0.15) is 65.1 Å². The maximum atomic E-state index is 13.4. The average molecular weight is 545 g/mol. The van der Waals surface area contributed by atoms with Gasteiger partial charge in [-0.15, -0.1) is 10.2 Å². The zero-order valence-corrected chi connectivity index (χ0v) is 23.8. The van der Waals surface area contributed by atoms with Gasteiger partial charge in [0, 0.05) is 28.9 Å². The Balaban J connectivity index is 1.23. The molecule has 2 aromatic heterocycles. The highest BCUT2D eigenvalue weighted by Gasteiger charge is 2.35. The van der Waals surface area contributed by atoms with Crippen LogP contribution in [-0.2, 0) is 0 Å². The minimum Gasteiger partial charge on any atom is -0.496 e. The first-order valence-corrected chi connectivity index (χ1v) is 14.4. The van der Waals surface area contributed by atoms with Gasteiger partial charge in [-0.2, -0.15) is 0 Å². The zero-order valence-electron chi connectivity index (χ0n) is 23.0. The van der Waals surface area contributed by atoms with Crippen molar-refractivity contribution in [3.05, 3.63) is 76.1 Å². The van der Waals surface area contributed by atoms with E-state index >= 15 is 0 Å². The van der Waals surface area contributed by atoms with E-state index in [2.05, 4.69) is 45.6 Å². The maximum absolute atomic E-state index is 13.4. The lowest BCUT2D eigenvalue weighted by molar-refractivity contribution is 0.102. The molecule has 2 atom stereocenters. The van der Waals surface area contributed by atoms with Gasteiger partial charge in [-0.25, -0.2) is 0 Å². The van der Waals surface area contributed by atoms with Crippen LogP contribution in [0.15, 0.2) is 54.3 Å². The first-order chi connectivity index (χ1) is 18.8. The lowest BCUT2D eigenvalue weighted by Gasteiger charge is -2.36. The predicted molar refractivity (Wildman–Crippen MR) is 155 cm³/mol. The Hall–Kier alpha value is -3.36. The van der Waals surface area contributed by atoms with Crippen LogP contribution < -0.4 is 10.1 Å². The summed E-state index contributed by atoms with van der Waals surface area (Å²) in [5.41, 5.74) is 5.01. The van der Waals surface area contributed by atoms with Crippen molar-refractivity contribution in [2.24, 2.45) is 17.8 Å². The number of aryl methyl sites for hydroxylation is 2. The molecule has 1 aromatic carbocycles. The van der Waals surface area contributed by atoms with Crippen molar-refractivity contribution >= 4 is 22.4 Å². The quantitative estimate of drug-likeness (QED) is 0.336. The molecule has 2 aliphatic rings. The minimum atomic E-state index is -0.264. The van der Waals surface area contributed by atoms with Crippen LogP contribution >= 0.6 is 11.3 Å². The highest BCUT2D eigenvalue weighted by molar-refractivity contribution is 7.15. The first kappa shape index (κ1) is 27.2. The van der Waals surface area contributed by atoms with Gasteiger partial charge in [-0.3, -0.25) is 15.1 Å². The van der Waals surface area contributed by atoms with E-state index in [4.69, 9.17) is 4.74 Å². The number of hydrogen-bond acceptors (Lipinski definition) is 7. The summed E-state index contributed by atoms with van der Waals surface area (Å²) in [6.07, 6.45) is 12.5. The van der Waals surface area contributed by atoms with Crippen molar-refractivity contribution in [1.82, 2.24) is 15.2 Å². The first-order valence-electron chi connectivity index (χ1n) is 13.6. The number of anilines is 1. The van der Waals surface area contributed by atoms with Crippen LogP contribution in [0.4, 0.5) is 5.13 Å². The third-order valence-electron chi connectivity index (χ3n) is 8.00. The molecule has 8 heteroatoms. The lowest BCUT2D eigenvalue weighted by atomic mass is 9.69. The summed E-state index contributed by atoms with van der Waals surface area (Å²) in [5, 5.41) is 22.6. The molecule has 0 bridgehead atoms. The highest BCUT2D eigenvalue weighted by Crippen LogP contribution is 2.47. The number of aliphatic hydroxyl groups excluding tert-OH is 1. The molecule has 0 aliphatic heterocycles. The summed E-state index contributed by atoms with van der Waals surface area (Å²) < 4.78 is 5.59. The van der Waals surface area contributed by atoms with Crippen LogP contribution in [-0.4, -0.2) is 39.9 Å². The molecule has 2 aliphatic carbocycles. The van der Waals surface area contributed by atoms with Gasteiger partial charge in [-0.1, -0.05) is 48.1 Å². The summed E-state index contributed by atoms with van der Waals surface area (Å²) >= 11 is 1.46. The summed E-state index contributed by atoms with van der Waals surface area (Å²) in [5.74, 6) is 2.60. The van der Waals surface area contributed by atoms with Crippen molar-refractivity contribution in [1.29, 1.82) is 0 Å². The molecule has 1 fully saturated rings. The van der Waals surface area contributed by atoms with Gasteiger partial charge >= 0.3 is 0 Å². The van der Waals surface area contributed by atoms with Crippen LogP contribution in [0.25, 0.3) is 11.1 Å². The van der Waals surface area contributed by atoms with Crippen LogP contribution in [0.5, 0.6) is 5.75 Å². The van der Waals surface area contributed by atoms with Crippen LogP contribution in [0, 0.1) is 31.6 Å². The van der Waals surface area contributed by atoms with Gasteiger partial charge in [-0.05, 0) is 81.1 Å². The molecule has 0 spiro atoms. The molecule has 0 radical (unpaired) electrons. The molecule has 5 rings (SSSR count). The third-order valence-corrected chi connectivity index (χ3v) is 9.01. The molecule has 0 saturated heterocycles. The second-order valence-electron chi connectivity index (χ2n) is 10.9. The minimum absolute atomic E-state index is 0.110. The number of ether oxygens (including phenoxy) is 1. The van der Waals surface area contributed by atoms with Gasteiger partial charge < -0.3 is 9.84 Å². The number of hydrogen-bond donors (Lipinski definition) is 2. The van der Waals surface area contributed by atoms with Crippen LogP contribution in [0.3, 0.4) is 0 Å². The fraction of sp³-hybridized carbons (Fsp3) is 0.419. The Kier molecular flexibility index (Phi) is 8.23. The van der Waals surface area contributed by atoms with Crippen molar-refractivity contribution < 1.29 is 14.6 Å². The monoisotopic (exact) mass is 544 g/mol. The van der Waals surface area contributed by atoms with Crippen molar-refractivity contribution in [2.45, 2.75) is 52.4 Å². The number of methoxy groups -OCH3 is 1. The highest BCUT2D eigenvalue weighted by atomic mass is 32.1. The summed E-state index contributed by atoms with van der Waals surface area (Å²) in [7, 11) is 1.63. The molecule has 7 nitrogen and oxygen atoms in total. The molecular formula is C31H36N4O3S. The lowest BCUT2D eigenvalue weighted by Crippen LogP contribution is -2.25. The van der Waals surface area contributed by atoms with Gasteiger partial charge in [0.1, 0.15) is 10.8 Å². The van der Waals surface area contributed by atoms with E-state index in [1.165, 1.54) is 11.3 Å². The van der Waals surface area contributed by atoms with E-state index in [9.17, 15) is 9.90 Å². The maximum Gasteiger partial charge on any atom is 0.259 e. The Labute approximate surface area is 234 Å². The summed E-state index contributed by atoms with van der Waals surface area (Å²) in [6, 6.07) is 7.84. The number of amides is 1. The molecular weight excluding hydrogens is 508 g/mol. The van der Waals surface area contributed by atoms with Gasteiger partial charge in [0.05, 0.1) is 19.3 Å². The number of rotatable bonds is 8. The van der Waals surface area contributed by atoms with E-state index < -0.39 is 0 Å². The van der Waals surface area contributed by atoms with Crippen molar-refractivity contribution in [3.8, 4) is 16.9 Å². The number of nitrogens with zero attached hydrogens (tertiary/aromatic N) is 3. The number of carbonyl (C=O) groups excluding carboxylic acids is 1. The molecule has 2 unspecified atom stereocenters. The number of aromatic nitrogens is 3. The number of benzene rings is 1. The number of carbonyl (C=O) groups is 1. The van der Waals surface area contributed by atoms with E-state index in [1.807, 2.05) is 38.1 Å². The van der Waals surface area contributed by atoms with E-state index in [-0.39, 0.29) is 12.5 Å². The number of allylic oxidation sites excluding steroid dienone is 2. The van der Waals surface area contributed by atoms with E-state index in [0.29, 0.717) is 40.1 Å². The van der Waals surface area contributed by atoms with E-state index in [1.54, 1.807) is 13.3 Å². The Morgan fingerprint density at radius 2 is 2.00 bits per heavy atom. The normalized spacial score (nSPS) is 22.5. The molecule has 204 valence electrons. The molecule has 2 heterocycles.